The standard InChI is InChI=1S/C28H35N5O10P2/c1-3-5-6-24-32-26-27(33(24)17-19-16-20(42-44(35,36)37)8-10-23(19)43-45(38,39)40)21-15-18(7-9-22(21)31-28(26)29)11-13-41-14-12-30-25(34)4-2/h4,7-10,15-16H,2-3,5-6,11-14,17H2,1H3,(H2,29,31)(H,30,34)(H2,35,36,37)(H2,38,39,40). The van der Waals surface area contributed by atoms with Crippen LogP contribution in [0.4, 0.5) is 5.82 Å². The number of phosphoric acid groups is 2. The highest BCUT2D eigenvalue weighted by molar-refractivity contribution is 7.47. The van der Waals surface area contributed by atoms with Crippen LogP contribution in [-0.2, 0) is 38.0 Å². The van der Waals surface area contributed by atoms with Gasteiger partial charge in [0.25, 0.3) is 0 Å². The number of carbonyl (C=O) groups excluding carboxylic acids is 1. The number of aryl methyl sites for hydroxylation is 1. The Labute approximate surface area is 258 Å². The van der Waals surface area contributed by atoms with E-state index in [2.05, 4.69) is 16.9 Å². The fraction of sp³-hybridized carbons (Fsp3) is 0.321. The third-order valence-corrected chi connectivity index (χ3v) is 7.55. The van der Waals surface area contributed by atoms with Crippen LogP contribution < -0.4 is 20.1 Å². The number of rotatable bonds is 16. The number of fused-ring (bicyclic) bond motifs is 3. The van der Waals surface area contributed by atoms with Gasteiger partial charge in [-0.15, -0.1) is 0 Å². The van der Waals surface area contributed by atoms with Crippen molar-refractivity contribution in [1.29, 1.82) is 0 Å². The first-order chi connectivity index (χ1) is 21.3. The molecule has 2 heterocycles. The number of phosphoric ester groups is 2. The maximum atomic E-state index is 11.8. The maximum absolute atomic E-state index is 11.8. The molecule has 2 aromatic carbocycles. The van der Waals surface area contributed by atoms with Gasteiger partial charge in [-0.05, 0) is 54.8 Å². The molecule has 0 fully saturated rings. The van der Waals surface area contributed by atoms with Crippen LogP contribution >= 0.6 is 15.6 Å². The average Bonchev–Trinajstić information content (AvgIpc) is 3.32. The van der Waals surface area contributed by atoms with Crippen molar-refractivity contribution in [2.24, 2.45) is 0 Å². The predicted octanol–water partition coefficient (Wildman–Crippen LogP) is 3.36. The molecule has 1 amide bonds. The van der Waals surface area contributed by atoms with Gasteiger partial charge in [0.1, 0.15) is 22.8 Å². The zero-order valence-electron chi connectivity index (χ0n) is 24.5. The minimum Gasteiger partial charge on any atom is -0.404 e. The van der Waals surface area contributed by atoms with Crippen molar-refractivity contribution in [1.82, 2.24) is 19.9 Å². The van der Waals surface area contributed by atoms with E-state index in [1.165, 1.54) is 18.2 Å². The Balaban J connectivity index is 1.78. The summed E-state index contributed by atoms with van der Waals surface area (Å²) in [7, 11) is -9.94. The first-order valence-electron chi connectivity index (χ1n) is 14.0. The van der Waals surface area contributed by atoms with Crippen molar-refractivity contribution >= 4 is 49.3 Å². The molecule has 0 saturated heterocycles. The molecular weight excluding hydrogens is 628 g/mol. The highest BCUT2D eigenvalue weighted by Crippen LogP contribution is 2.43. The minimum absolute atomic E-state index is 0.0639. The molecule has 4 aromatic rings. The molecule has 0 atom stereocenters. The molecule has 17 heteroatoms. The van der Waals surface area contributed by atoms with Gasteiger partial charge in [-0.2, -0.15) is 0 Å². The van der Waals surface area contributed by atoms with Crippen LogP contribution in [0.5, 0.6) is 11.5 Å². The Bertz CT molecular complexity index is 1800. The zero-order chi connectivity index (χ0) is 32.8. The van der Waals surface area contributed by atoms with Crippen molar-refractivity contribution < 1.29 is 47.3 Å². The van der Waals surface area contributed by atoms with Crippen LogP contribution in [0.3, 0.4) is 0 Å². The first kappa shape index (κ1) is 34.1. The molecule has 45 heavy (non-hydrogen) atoms. The van der Waals surface area contributed by atoms with Crippen molar-refractivity contribution in [2.45, 2.75) is 39.2 Å². The molecule has 4 rings (SSSR count). The summed E-state index contributed by atoms with van der Waals surface area (Å²) >= 11 is 0. The Kier molecular flexibility index (Phi) is 11.0. The van der Waals surface area contributed by atoms with Crippen molar-refractivity contribution in [3.8, 4) is 11.5 Å². The molecule has 0 radical (unpaired) electrons. The lowest BCUT2D eigenvalue weighted by molar-refractivity contribution is -0.116. The van der Waals surface area contributed by atoms with E-state index in [0.717, 1.165) is 24.5 Å². The number of nitrogens with one attached hydrogen (secondary N) is 1. The van der Waals surface area contributed by atoms with E-state index < -0.39 is 15.6 Å². The van der Waals surface area contributed by atoms with Gasteiger partial charge in [0.15, 0.2) is 5.82 Å². The smallest absolute Gasteiger partial charge is 0.404 e. The predicted molar refractivity (Wildman–Crippen MR) is 167 cm³/mol. The van der Waals surface area contributed by atoms with E-state index in [1.54, 1.807) is 0 Å². The molecule has 0 unspecified atom stereocenters. The number of benzene rings is 2. The number of carbonyl (C=O) groups is 1. The van der Waals surface area contributed by atoms with Crippen molar-refractivity contribution in [3.63, 3.8) is 0 Å². The average molecular weight is 664 g/mol. The van der Waals surface area contributed by atoms with E-state index in [0.29, 0.717) is 60.4 Å². The fourth-order valence-corrected chi connectivity index (χ4v) is 5.55. The Morgan fingerprint density at radius 3 is 2.49 bits per heavy atom. The number of nitrogens with two attached hydrogens (primary N) is 1. The lowest BCUT2D eigenvalue weighted by atomic mass is 10.1. The molecule has 7 N–H and O–H groups in total. The van der Waals surface area contributed by atoms with E-state index in [4.69, 9.17) is 24.5 Å². The van der Waals surface area contributed by atoms with E-state index in [1.807, 2.05) is 29.7 Å². The number of pyridine rings is 1. The monoisotopic (exact) mass is 663 g/mol. The summed E-state index contributed by atoms with van der Waals surface area (Å²) in [5.74, 6) is 0.0928. The molecule has 0 aliphatic carbocycles. The third-order valence-electron chi connectivity index (χ3n) is 6.67. The van der Waals surface area contributed by atoms with Crippen molar-refractivity contribution in [2.75, 3.05) is 25.5 Å². The van der Waals surface area contributed by atoms with Gasteiger partial charge in [0, 0.05) is 23.9 Å². The number of nitrogens with zero attached hydrogens (tertiary/aromatic N) is 3. The summed E-state index contributed by atoms with van der Waals surface area (Å²) in [4.78, 5) is 58.4. The van der Waals surface area contributed by atoms with E-state index in [9.17, 15) is 33.5 Å². The lowest BCUT2D eigenvalue weighted by Gasteiger charge is -2.17. The molecule has 2 aromatic heterocycles. The zero-order valence-corrected chi connectivity index (χ0v) is 26.2. The van der Waals surface area contributed by atoms with Crippen LogP contribution in [0.15, 0.2) is 49.1 Å². The number of unbranched alkanes of at least 4 members (excludes halogenated alkanes) is 1. The highest BCUT2D eigenvalue weighted by Gasteiger charge is 2.24. The molecule has 0 bridgehead atoms. The molecule has 0 aliphatic heterocycles. The van der Waals surface area contributed by atoms with Gasteiger partial charge in [-0.3, -0.25) is 24.4 Å². The topological polar surface area (TPSA) is 229 Å². The van der Waals surface area contributed by atoms with Crippen LogP contribution in [0.25, 0.3) is 21.9 Å². The summed E-state index contributed by atoms with van der Waals surface area (Å²) in [6, 6.07) is 9.21. The van der Waals surface area contributed by atoms with Crippen LogP contribution in [0, 0.1) is 0 Å². The minimum atomic E-state index is -5.00. The molecule has 0 saturated carbocycles. The Hall–Kier alpha value is -3.81. The number of nitrogen functional groups attached to an aromatic ring is 1. The first-order valence-corrected chi connectivity index (χ1v) is 17.0. The lowest BCUT2D eigenvalue weighted by Crippen LogP contribution is -2.25. The number of hydrogen-bond donors (Lipinski definition) is 6. The van der Waals surface area contributed by atoms with Gasteiger partial charge >= 0.3 is 15.6 Å². The molecule has 242 valence electrons. The number of ether oxygens (including phenoxy) is 1. The van der Waals surface area contributed by atoms with Gasteiger partial charge in [-0.25, -0.2) is 19.1 Å². The molecule has 0 spiro atoms. The number of amides is 1. The molecule has 0 aliphatic rings. The normalized spacial score (nSPS) is 12.0. The summed E-state index contributed by atoms with van der Waals surface area (Å²) in [5.41, 5.74) is 9.08. The maximum Gasteiger partial charge on any atom is 0.524 e. The number of anilines is 1. The van der Waals surface area contributed by atoms with Crippen molar-refractivity contribution in [3.05, 3.63) is 66.0 Å². The Morgan fingerprint density at radius 2 is 1.80 bits per heavy atom. The van der Waals surface area contributed by atoms with Gasteiger partial charge in [0.2, 0.25) is 5.91 Å². The fourth-order valence-electron chi connectivity index (χ4n) is 4.73. The SMILES string of the molecule is C=CC(=O)NCCOCCc1ccc2nc(N)c3nc(CCCC)n(Cc4cc(OP(=O)(O)O)ccc4OP(=O)(O)O)c3c2c1. The molecular formula is C28H35N5O10P2. The van der Waals surface area contributed by atoms with Crippen LogP contribution in [-0.4, -0.2) is 59.8 Å². The summed E-state index contributed by atoms with van der Waals surface area (Å²) in [6.07, 6.45) is 3.91. The van der Waals surface area contributed by atoms with Crippen LogP contribution in [0.2, 0.25) is 0 Å². The highest BCUT2D eigenvalue weighted by atomic mass is 31.2. The third kappa shape index (κ3) is 9.35. The summed E-state index contributed by atoms with van der Waals surface area (Å²) < 4.78 is 40.4. The second-order valence-corrected chi connectivity index (χ2v) is 12.4. The Morgan fingerprint density at radius 1 is 1.04 bits per heavy atom. The van der Waals surface area contributed by atoms with Gasteiger partial charge in [-0.1, -0.05) is 26.0 Å². The largest absolute Gasteiger partial charge is 0.524 e. The number of aromatic nitrogens is 3. The van der Waals surface area contributed by atoms with E-state index in [-0.39, 0.29) is 35.3 Å². The quantitative estimate of drug-likeness (QED) is 0.0575. The number of hydrogen-bond acceptors (Lipinski definition) is 9. The van der Waals surface area contributed by atoms with Gasteiger partial charge < -0.3 is 29.4 Å². The second-order valence-electron chi connectivity index (χ2n) is 10.1. The van der Waals surface area contributed by atoms with Crippen LogP contribution in [0.1, 0.15) is 36.7 Å². The molecule has 15 nitrogen and oxygen atoms in total. The van der Waals surface area contributed by atoms with E-state index >= 15 is 0 Å². The summed E-state index contributed by atoms with van der Waals surface area (Å²) in [6.45, 7) is 6.42. The van der Waals surface area contributed by atoms with Gasteiger partial charge in [0.05, 0.1) is 30.8 Å². The number of imidazole rings is 1. The summed E-state index contributed by atoms with van der Waals surface area (Å²) in [5, 5.41) is 3.36. The second kappa shape index (κ2) is 14.5.